The van der Waals surface area contributed by atoms with Crippen LogP contribution in [0.2, 0.25) is 0 Å². The van der Waals surface area contributed by atoms with Gasteiger partial charge in [0, 0.05) is 18.2 Å². The maximum atomic E-state index is 6.00. The summed E-state index contributed by atoms with van der Waals surface area (Å²) in [7, 11) is 0. The third kappa shape index (κ3) is 3.13. The van der Waals surface area contributed by atoms with Crippen molar-refractivity contribution in [3.63, 3.8) is 0 Å². The average Bonchev–Trinajstić information content (AvgIpc) is 3.54. The van der Waals surface area contributed by atoms with Gasteiger partial charge in [-0.25, -0.2) is 9.69 Å². The van der Waals surface area contributed by atoms with Gasteiger partial charge in [-0.1, -0.05) is 18.2 Å². The van der Waals surface area contributed by atoms with Crippen molar-refractivity contribution in [2.75, 3.05) is 0 Å². The topological polar surface area (TPSA) is 85.7 Å². The number of nitrogens with two attached hydrogens (primary N) is 1. The van der Waals surface area contributed by atoms with Crippen molar-refractivity contribution in [3.8, 4) is 17.1 Å². The molecule has 0 radical (unpaired) electrons. The van der Waals surface area contributed by atoms with Gasteiger partial charge in [0.05, 0.1) is 24.3 Å². The zero-order valence-electron chi connectivity index (χ0n) is 15.3. The molecule has 0 bridgehead atoms. The Morgan fingerprint density at radius 1 is 1.00 bits per heavy atom. The summed E-state index contributed by atoms with van der Waals surface area (Å²) >= 11 is 5.27. The average molecular weight is 403 g/mol. The summed E-state index contributed by atoms with van der Waals surface area (Å²) in [6, 6.07) is 17.1. The molecule has 3 aromatic heterocycles. The van der Waals surface area contributed by atoms with Gasteiger partial charge in [-0.2, -0.15) is 10.2 Å². The molecule has 1 unspecified atom stereocenters. The van der Waals surface area contributed by atoms with Crippen LogP contribution in [-0.4, -0.2) is 25.6 Å². The van der Waals surface area contributed by atoms with Crippen LogP contribution in [0.1, 0.15) is 23.8 Å². The fourth-order valence-electron chi connectivity index (χ4n) is 3.50. The van der Waals surface area contributed by atoms with E-state index in [0.29, 0.717) is 17.9 Å². The molecule has 144 valence electrons. The summed E-state index contributed by atoms with van der Waals surface area (Å²) in [4.78, 5) is 0. The standard InChI is InChI=1S/C21H17N5O2S/c22-21(29)26-17(12-16(23-26)18-8-4-10-27-18)15-13-25(14-6-2-1-3-7-14)24-20(15)19-9-5-11-28-19/h1-11,13,17H,12H2,(H2,22,29). The molecular weight excluding hydrogens is 386 g/mol. The van der Waals surface area contributed by atoms with Crippen molar-refractivity contribution < 1.29 is 8.83 Å². The number of thiocarbonyl (C=S) groups is 1. The van der Waals surface area contributed by atoms with Crippen LogP contribution in [0.25, 0.3) is 17.1 Å². The molecule has 0 aliphatic carbocycles. The predicted molar refractivity (Wildman–Crippen MR) is 112 cm³/mol. The smallest absolute Gasteiger partial charge is 0.187 e. The molecule has 2 N–H and O–H groups in total. The first kappa shape index (κ1) is 17.4. The number of rotatable bonds is 4. The fourth-order valence-corrected chi connectivity index (χ4v) is 3.66. The van der Waals surface area contributed by atoms with Gasteiger partial charge in [0.2, 0.25) is 0 Å². The number of benzene rings is 1. The van der Waals surface area contributed by atoms with E-state index in [1.807, 2.05) is 65.5 Å². The summed E-state index contributed by atoms with van der Waals surface area (Å²) in [5.41, 5.74) is 9.36. The van der Waals surface area contributed by atoms with E-state index < -0.39 is 0 Å². The van der Waals surface area contributed by atoms with Gasteiger partial charge in [0.15, 0.2) is 10.9 Å². The molecule has 7 nitrogen and oxygen atoms in total. The molecule has 4 heterocycles. The van der Waals surface area contributed by atoms with Gasteiger partial charge in [0.1, 0.15) is 17.2 Å². The predicted octanol–water partition coefficient (Wildman–Crippen LogP) is 4.12. The quantitative estimate of drug-likeness (QED) is 0.516. The highest BCUT2D eigenvalue weighted by atomic mass is 32.1. The number of hydrogen-bond acceptors (Lipinski definition) is 5. The van der Waals surface area contributed by atoms with Crippen LogP contribution in [0.15, 0.2) is 87.3 Å². The van der Waals surface area contributed by atoms with E-state index in [9.17, 15) is 0 Å². The fraction of sp³-hybridized carbons (Fsp3) is 0.0952. The highest BCUT2D eigenvalue weighted by Crippen LogP contribution is 2.38. The Hall–Kier alpha value is -3.65. The molecule has 1 aliphatic rings. The normalized spacial score (nSPS) is 16.2. The minimum absolute atomic E-state index is 0.189. The molecule has 0 fully saturated rings. The lowest BCUT2D eigenvalue weighted by Crippen LogP contribution is -2.31. The molecule has 0 saturated carbocycles. The second-order valence-electron chi connectivity index (χ2n) is 6.62. The SMILES string of the molecule is NC(=S)N1N=C(c2ccco2)CC1c1cn(-c2ccccc2)nc1-c1ccco1. The highest BCUT2D eigenvalue weighted by Gasteiger charge is 2.35. The second kappa shape index (κ2) is 7.06. The van der Waals surface area contributed by atoms with Gasteiger partial charge >= 0.3 is 0 Å². The van der Waals surface area contributed by atoms with E-state index in [1.54, 1.807) is 17.5 Å². The molecule has 1 aliphatic heterocycles. The largest absolute Gasteiger partial charge is 0.463 e. The lowest BCUT2D eigenvalue weighted by Gasteiger charge is -2.21. The number of hydrogen-bond donors (Lipinski definition) is 1. The number of nitrogens with zero attached hydrogens (tertiary/aromatic N) is 4. The Morgan fingerprint density at radius 2 is 1.72 bits per heavy atom. The monoisotopic (exact) mass is 403 g/mol. The molecule has 1 atom stereocenters. The third-order valence-corrected chi connectivity index (χ3v) is 5.01. The minimum atomic E-state index is -0.217. The summed E-state index contributed by atoms with van der Waals surface area (Å²) in [6.45, 7) is 0. The lowest BCUT2D eigenvalue weighted by atomic mass is 10.0. The number of hydrazone groups is 1. The Kier molecular flexibility index (Phi) is 4.25. The number of aromatic nitrogens is 2. The van der Waals surface area contributed by atoms with E-state index in [1.165, 1.54) is 0 Å². The van der Waals surface area contributed by atoms with Crippen LogP contribution in [0, 0.1) is 0 Å². The van der Waals surface area contributed by atoms with Crippen LogP contribution in [-0.2, 0) is 0 Å². The molecule has 0 saturated heterocycles. The Balaban J connectivity index is 1.61. The van der Waals surface area contributed by atoms with Gasteiger partial charge in [0.25, 0.3) is 0 Å². The number of furan rings is 2. The molecule has 5 rings (SSSR count). The Bertz CT molecular complexity index is 1160. The van der Waals surface area contributed by atoms with Crippen LogP contribution in [0.3, 0.4) is 0 Å². The molecule has 0 amide bonds. The first-order valence-electron chi connectivity index (χ1n) is 9.09. The summed E-state index contributed by atoms with van der Waals surface area (Å²) in [5, 5.41) is 11.2. The Labute approximate surface area is 172 Å². The molecule has 4 aromatic rings. The van der Waals surface area contributed by atoms with E-state index in [4.69, 9.17) is 31.9 Å². The van der Waals surface area contributed by atoms with Crippen molar-refractivity contribution in [3.05, 3.63) is 84.6 Å². The van der Waals surface area contributed by atoms with E-state index >= 15 is 0 Å². The van der Waals surface area contributed by atoms with Crippen molar-refractivity contribution in [1.82, 2.24) is 14.8 Å². The van der Waals surface area contributed by atoms with Crippen molar-refractivity contribution in [2.45, 2.75) is 12.5 Å². The van der Waals surface area contributed by atoms with Crippen LogP contribution < -0.4 is 5.73 Å². The Morgan fingerprint density at radius 3 is 2.38 bits per heavy atom. The number of para-hydroxylation sites is 1. The minimum Gasteiger partial charge on any atom is -0.463 e. The second-order valence-corrected chi connectivity index (χ2v) is 7.04. The zero-order valence-corrected chi connectivity index (χ0v) is 16.1. The van der Waals surface area contributed by atoms with Crippen molar-refractivity contribution >= 4 is 23.0 Å². The van der Waals surface area contributed by atoms with E-state index in [-0.39, 0.29) is 11.2 Å². The summed E-state index contributed by atoms with van der Waals surface area (Å²) in [5.74, 6) is 1.37. The van der Waals surface area contributed by atoms with Crippen LogP contribution in [0.5, 0.6) is 0 Å². The summed E-state index contributed by atoms with van der Waals surface area (Å²) in [6.07, 6.45) is 5.81. The molecule has 1 aromatic carbocycles. The lowest BCUT2D eigenvalue weighted by molar-refractivity contribution is 0.373. The van der Waals surface area contributed by atoms with Crippen molar-refractivity contribution in [2.24, 2.45) is 10.8 Å². The first-order chi connectivity index (χ1) is 14.2. The molecule has 8 heteroatoms. The van der Waals surface area contributed by atoms with E-state index in [2.05, 4.69) is 5.10 Å². The van der Waals surface area contributed by atoms with Gasteiger partial charge < -0.3 is 14.6 Å². The van der Waals surface area contributed by atoms with Gasteiger partial charge in [-0.3, -0.25) is 0 Å². The summed E-state index contributed by atoms with van der Waals surface area (Å²) < 4.78 is 13.0. The third-order valence-electron chi connectivity index (χ3n) is 4.82. The van der Waals surface area contributed by atoms with Crippen LogP contribution >= 0.6 is 12.2 Å². The van der Waals surface area contributed by atoms with Gasteiger partial charge in [-0.15, -0.1) is 0 Å². The van der Waals surface area contributed by atoms with Crippen LogP contribution in [0.4, 0.5) is 0 Å². The highest BCUT2D eigenvalue weighted by molar-refractivity contribution is 7.80. The zero-order chi connectivity index (χ0) is 19.8. The van der Waals surface area contributed by atoms with E-state index in [0.717, 1.165) is 22.7 Å². The molecule has 0 spiro atoms. The molecular formula is C21H17N5O2S. The maximum Gasteiger partial charge on any atom is 0.187 e. The first-order valence-corrected chi connectivity index (χ1v) is 9.50. The van der Waals surface area contributed by atoms with Gasteiger partial charge in [-0.05, 0) is 48.6 Å². The van der Waals surface area contributed by atoms with Crippen molar-refractivity contribution in [1.29, 1.82) is 0 Å². The maximum absolute atomic E-state index is 6.00. The molecule has 29 heavy (non-hydrogen) atoms.